The highest BCUT2D eigenvalue weighted by Gasteiger charge is 2.31. The van der Waals surface area contributed by atoms with Crippen molar-refractivity contribution in [3.8, 4) is 6.07 Å². The van der Waals surface area contributed by atoms with Crippen LogP contribution < -0.4 is 0 Å². The number of sulfonamides is 1. The number of hydrogen-bond acceptors (Lipinski definition) is 8. The molecule has 1 aliphatic heterocycles. The molecule has 12 heteroatoms. The fourth-order valence-electron chi connectivity index (χ4n) is 4.00. The van der Waals surface area contributed by atoms with Crippen molar-refractivity contribution in [1.29, 1.82) is 5.26 Å². The molecule has 2 bridgehead atoms. The number of carbonyl (C=O) groups excluding carboxylic acids is 1. The van der Waals surface area contributed by atoms with Crippen molar-refractivity contribution in [2.24, 2.45) is 5.92 Å². The third kappa shape index (κ3) is 6.43. The minimum atomic E-state index is -3.97. The van der Waals surface area contributed by atoms with Crippen LogP contribution >= 0.6 is 0 Å². The van der Waals surface area contributed by atoms with Crippen LogP contribution in [-0.2, 0) is 32.7 Å². The summed E-state index contributed by atoms with van der Waals surface area (Å²) in [6.07, 6.45) is 2.02. The van der Waals surface area contributed by atoms with E-state index in [1.54, 1.807) is 34.8 Å². The summed E-state index contributed by atoms with van der Waals surface area (Å²) in [5.74, 6) is -0.367. The van der Waals surface area contributed by atoms with Crippen molar-refractivity contribution in [3.05, 3.63) is 41.7 Å². The Morgan fingerprint density at radius 3 is 2.83 bits per heavy atom. The second kappa shape index (κ2) is 11.7. The molecule has 0 unspecified atom stereocenters. The Morgan fingerprint density at radius 1 is 1.37 bits per heavy atom. The van der Waals surface area contributed by atoms with Crippen LogP contribution in [0.15, 0.2) is 35.4 Å². The first-order valence-corrected chi connectivity index (χ1v) is 13.0. The number of rotatable bonds is 6. The quantitative estimate of drug-likeness (QED) is 0.614. The first kappa shape index (κ1) is 26.7. The van der Waals surface area contributed by atoms with Crippen LogP contribution in [0.4, 0.5) is 0 Å². The molecule has 2 aromatic rings. The fraction of sp³-hybridized carbons (Fsp3) is 0.565. The van der Waals surface area contributed by atoms with Crippen molar-refractivity contribution in [2.75, 3.05) is 26.7 Å². The highest BCUT2D eigenvalue weighted by atomic mass is 32.2. The van der Waals surface area contributed by atoms with E-state index >= 15 is 0 Å². The number of ether oxygens (including phenoxy) is 1. The Bertz CT molecular complexity index is 1160. The van der Waals surface area contributed by atoms with E-state index in [0.29, 0.717) is 18.7 Å². The second-order valence-electron chi connectivity index (χ2n) is 8.87. The van der Waals surface area contributed by atoms with E-state index in [0.717, 1.165) is 0 Å². The van der Waals surface area contributed by atoms with Gasteiger partial charge in [0.2, 0.25) is 15.9 Å². The zero-order chi connectivity index (χ0) is 25.6. The molecule has 1 aliphatic rings. The van der Waals surface area contributed by atoms with Crippen LogP contribution in [-0.4, -0.2) is 82.5 Å². The Labute approximate surface area is 205 Å². The number of aliphatic hydroxyl groups excluding tert-OH is 1. The smallest absolute Gasteiger partial charge is 0.244 e. The molecule has 1 N–H and O–H groups in total. The lowest BCUT2D eigenvalue weighted by atomic mass is 10.0. The van der Waals surface area contributed by atoms with E-state index < -0.39 is 22.2 Å². The zero-order valence-corrected chi connectivity index (χ0v) is 21.1. The molecular weight excluding hydrogens is 472 g/mol. The van der Waals surface area contributed by atoms with Gasteiger partial charge in [0, 0.05) is 39.0 Å². The van der Waals surface area contributed by atoms with Gasteiger partial charge in [-0.3, -0.25) is 9.48 Å². The maximum Gasteiger partial charge on any atom is 0.244 e. The van der Waals surface area contributed by atoms with Crippen LogP contribution in [0, 0.1) is 17.2 Å². The number of fused-ring (bicyclic) bond motifs is 2. The molecular formula is C23H32N6O5S. The van der Waals surface area contributed by atoms with Crippen molar-refractivity contribution in [2.45, 2.75) is 56.9 Å². The summed E-state index contributed by atoms with van der Waals surface area (Å²) in [5, 5.41) is 27.3. The van der Waals surface area contributed by atoms with E-state index in [4.69, 9.17) is 4.74 Å². The summed E-state index contributed by atoms with van der Waals surface area (Å²) in [6.45, 7) is 4.41. The molecule has 1 aromatic carbocycles. The molecule has 1 amide bonds. The van der Waals surface area contributed by atoms with Gasteiger partial charge in [-0.15, -0.1) is 5.10 Å². The molecule has 1 aromatic heterocycles. The average Bonchev–Trinajstić information content (AvgIpc) is 3.31. The van der Waals surface area contributed by atoms with Gasteiger partial charge in [-0.2, -0.15) is 9.57 Å². The lowest BCUT2D eigenvalue weighted by Gasteiger charge is -2.35. The third-order valence-electron chi connectivity index (χ3n) is 6.18. The third-order valence-corrected chi connectivity index (χ3v) is 8.06. The molecule has 0 spiro atoms. The number of carbonyl (C=O) groups is 1. The van der Waals surface area contributed by atoms with Crippen LogP contribution in [0.1, 0.15) is 37.9 Å². The summed E-state index contributed by atoms with van der Waals surface area (Å²) < 4.78 is 35.5. The highest BCUT2D eigenvalue weighted by Crippen LogP contribution is 2.22. The van der Waals surface area contributed by atoms with Gasteiger partial charge in [0.15, 0.2) is 0 Å². The topological polar surface area (TPSA) is 142 Å². The number of likely N-dealkylation sites (N-methyl/N-ethyl adjacent to an activating group) is 1. The summed E-state index contributed by atoms with van der Waals surface area (Å²) in [4.78, 5) is 14.5. The normalized spacial score (nSPS) is 21.0. The summed E-state index contributed by atoms with van der Waals surface area (Å²) in [7, 11) is -2.53. The van der Waals surface area contributed by atoms with Gasteiger partial charge in [0.25, 0.3) is 0 Å². The van der Waals surface area contributed by atoms with Crippen LogP contribution in [0.2, 0.25) is 0 Å². The minimum Gasteiger partial charge on any atom is -0.394 e. The van der Waals surface area contributed by atoms with E-state index in [1.807, 2.05) is 13.0 Å². The zero-order valence-electron chi connectivity index (χ0n) is 20.2. The molecule has 0 radical (unpaired) electrons. The predicted octanol–water partition coefficient (Wildman–Crippen LogP) is 0.995. The molecule has 35 heavy (non-hydrogen) atoms. The van der Waals surface area contributed by atoms with Crippen LogP contribution in [0.25, 0.3) is 0 Å². The van der Waals surface area contributed by atoms with Gasteiger partial charge in [0.1, 0.15) is 11.8 Å². The number of aromatic nitrogens is 3. The molecule has 11 nitrogen and oxygen atoms in total. The van der Waals surface area contributed by atoms with Gasteiger partial charge in [-0.25, -0.2) is 8.42 Å². The van der Waals surface area contributed by atoms with Gasteiger partial charge in [-0.1, -0.05) is 24.3 Å². The number of nitriles is 1. The first-order chi connectivity index (χ1) is 16.7. The summed E-state index contributed by atoms with van der Waals surface area (Å²) in [5.41, 5.74) is 0.669. The molecule has 190 valence electrons. The van der Waals surface area contributed by atoms with E-state index in [-0.39, 0.29) is 55.0 Å². The van der Waals surface area contributed by atoms with Gasteiger partial charge >= 0.3 is 0 Å². The number of amides is 1. The number of aliphatic hydroxyl groups is 1. The predicted molar refractivity (Wildman–Crippen MR) is 126 cm³/mol. The fourth-order valence-corrected chi connectivity index (χ4v) is 5.32. The number of benzene rings is 1. The van der Waals surface area contributed by atoms with Crippen LogP contribution in [0.3, 0.4) is 0 Å². The molecule has 3 rings (SSSR count). The molecule has 0 aliphatic carbocycles. The molecule has 0 saturated heterocycles. The van der Waals surface area contributed by atoms with E-state index in [9.17, 15) is 23.6 Å². The van der Waals surface area contributed by atoms with Crippen LogP contribution in [0.5, 0.6) is 0 Å². The summed E-state index contributed by atoms with van der Waals surface area (Å²) in [6, 6.07) is 7.58. The largest absolute Gasteiger partial charge is 0.394 e. The maximum absolute atomic E-state index is 13.3. The molecule has 0 fully saturated rings. The van der Waals surface area contributed by atoms with Gasteiger partial charge in [0.05, 0.1) is 42.0 Å². The maximum atomic E-state index is 13.3. The minimum absolute atomic E-state index is 0.00701. The SMILES string of the molecule is C[C@@H]1CN([C@@H](C)CO)C(=O)CCCn2cc(nn2)CO[C@@H]1CN(C)S(=O)(=O)c1ccccc1C#N. The average molecular weight is 505 g/mol. The van der Waals surface area contributed by atoms with E-state index in [1.165, 1.54) is 23.5 Å². The van der Waals surface area contributed by atoms with Crippen molar-refractivity contribution in [3.63, 3.8) is 0 Å². The Balaban J connectivity index is 1.89. The molecule has 0 saturated carbocycles. The Hall–Kier alpha value is -2.85. The lowest BCUT2D eigenvalue weighted by molar-refractivity contribution is -0.136. The standard InChI is InChI=1S/C23H32N6O5S/c1-17-12-29(18(2)15-30)23(31)9-6-10-28-13-20(25-26-28)16-34-21(17)14-27(3)35(32,33)22-8-5-4-7-19(22)11-24/h4-5,7-8,13,17-18,21,30H,6,9-10,12,14-16H2,1-3H3/t17-,18+,21-/m1/s1. The van der Waals surface area contributed by atoms with Gasteiger partial charge in [-0.05, 0) is 25.5 Å². The monoisotopic (exact) mass is 504 g/mol. The first-order valence-electron chi connectivity index (χ1n) is 11.5. The number of hydrogen-bond donors (Lipinski definition) is 1. The Morgan fingerprint density at radius 2 is 2.11 bits per heavy atom. The van der Waals surface area contributed by atoms with E-state index in [2.05, 4.69) is 10.3 Å². The number of aryl methyl sites for hydroxylation is 1. The lowest BCUT2D eigenvalue weighted by Crippen LogP contribution is -2.47. The van der Waals surface area contributed by atoms with Crippen molar-refractivity contribution in [1.82, 2.24) is 24.2 Å². The highest BCUT2D eigenvalue weighted by molar-refractivity contribution is 7.89. The van der Waals surface area contributed by atoms with Crippen molar-refractivity contribution >= 4 is 15.9 Å². The molecule has 2 heterocycles. The number of nitrogens with zero attached hydrogens (tertiary/aromatic N) is 6. The Kier molecular flexibility index (Phi) is 8.96. The summed E-state index contributed by atoms with van der Waals surface area (Å²) >= 11 is 0. The second-order valence-corrected chi connectivity index (χ2v) is 10.9. The van der Waals surface area contributed by atoms with Crippen molar-refractivity contribution < 1.29 is 23.1 Å². The van der Waals surface area contributed by atoms with Gasteiger partial charge < -0.3 is 14.7 Å². The molecule has 3 atom stereocenters.